The van der Waals surface area contributed by atoms with E-state index in [1.807, 2.05) is 12.3 Å². The minimum Gasteiger partial charge on any atom is -0.496 e. The van der Waals surface area contributed by atoms with Crippen molar-refractivity contribution in [3.8, 4) is 5.75 Å². The average molecular weight is 419 g/mol. The van der Waals surface area contributed by atoms with Crippen LogP contribution < -0.4 is 9.64 Å². The molecular formula is C23H28Cl2N2O. The van der Waals surface area contributed by atoms with Gasteiger partial charge in [-0.25, -0.2) is 0 Å². The Morgan fingerprint density at radius 3 is 2.61 bits per heavy atom. The van der Waals surface area contributed by atoms with Crippen molar-refractivity contribution in [1.29, 1.82) is 0 Å². The lowest BCUT2D eigenvalue weighted by atomic mass is 9.79. The maximum absolute atomic E-state index is 6.10. The Bertz CT molecular complexity index is 892. The number of halogens is 2. The zero-order chi connectivity index (χ0) is 20.5. The van der Waals surface area contributed by atoms with Gasteiger partial charge in [0.1, 0.15) is 5.75 Å². The summed E-state index contributed by atoms with van der Waals surface area (Å²) in [7, 11) is 1.71. The van der Waals surface area contributed by atoms with Gasteiger partial charge in [0.25, 0.3) is 0 Å². The molecule has 0 radical (unpaired) electrons. The smallest absolute Gasteiger partial charge is 0.129 e. The summed E-state index contributed by atoms with van der Waals surface area (Å²) in [6.45, 7) is 10.2. The van der Waals surface area contributed by atoms with E-state index in [2.05, 4.69) is 49.7 Å². The van der Waals surface area contributed by atoms with Crippen LogP contribution in [0.5, 0.6) is 5.75 Å². The molecule has 150 valence electrons. The number of methoxy groups -OCH3 is 1. The average Bonchev–Trinajstić information content (AvgIpc) is 2.65. The van der Waals surface area contributed by atoms with Gasteiger partial charge in [0, 0.05) is 35.6 Å². The Labute approximate surface area is 178 Å². The molecule has 1 heterocycles. The molecule has 3 rings (SSSR count). The van der Waals surface area contributed by atoms with Crippen molar-refractivity contribution in [3.05, 3.63) is 51.5 Å². The summed E-state index contributed by atoms with van der Waals surface area (Å²) in [6, 6.07) is 9.76. The van der Waals surface area contributed by atoms with E-state index < -0.39 is 0 Å². The molecule has 0 aromatic heterocycles. The summed E-state index contributed by atoms with van der Waals surface area (Å²) in [5, 5.41) is 1.03. The van der Waals surface area contributed by atoms with E-state index in [4.69, 9.17) is 27.9 Å². The van der Waals surface area contributed by atoms with E-state index in [9.17, 15) is 0 Å². The van der Waals surface area contributed by atoms with E-state index in [0.29, 0.717) is 16.0 Å². The molecular weight excluding hydrogens is 391 g/mol. The van der Waals surface area contributed by atoms with Crippen LogP contribution in [0.3, 0.4) is 0 Å². The van der Waals surface area contributed by atoms with Gasteiger partial charge in [-0.05, 0) is 62.4 Å². The molecule has 0 saturated carbocycles. The number of anilines is 1. The number of rotatable bonds is 5. The minimum atomic E-state index is 0.128. The number of aliphatic imine (C=N–C) groups is 1. The third kappa shape index (κ3) is 4.16. The Morgan fingerprint density at radius 1 is 1.21 bits per heavy atom. The normalized spacial score (nSPS) is 18.4. The van der Waals surface area contributed by atoms with Crippen LogP contribution in [-0.4, -0.2) is 25.4 Å². The van der Waals surface area contributed by atoms with Gasteiger partial charge in [0.05, 0.1) is 22.8 Å². The number of hydrogen-bond donors (Lipinski definition) is 0. The first kappa shape index (κ1) is 21.0. The van der Waals surface area contributed by atoms with E-state index in [0.717, 1.165) is 36.4 Å². The molecule has 1 atom stereocenters. The van der Waals surface area contributed by atoms with Crippen LogP contribution >= 0.6 is 23.2 Å². The molecule has 0 saturated heterocycles. The van der Waals surface area contributed by atoms with Crippen LogP contribution in [0.15, 0.2) is 35.3 Å². The van der Waals surface area contributed by atoms with Crippen molar-refractivity contribution >= 4 is 40.8 Å². The van der Waals surface area contributed by atoms with E-state index >= 15 is 0 Å². The van der Waals surface area contributed by atoms with Gasteiger partial charge in [-0.15, -0.1) is 0 Å². The minimum absolute atomic E-state index is 0.128. The molecule has 0 amide bonds. The fourth-order valence-electron chi connectivity index (χ4n) is 4.16. The molecule has 28 heavy (non-hydrogen) atoms. The maximum Gasteiger partial charge on any atom is 0.129 e. The summed E-state index contributed by atoms with van der Waals surface area (Å²) in [5.74, 6) is 1.30. The Kier molecular flexibility index (Phi) is 6.26. The molecule has 0 aliphatic carbocycles. The van der Waals surface area contributed by atoms with Crippen LogP contribution in [0.4, 0.5) is 11.4 Å². The highest BCUT2D eigenvalue weighted by Crippen LogP contribution is 2.45. The van der Waals surface area contributed by atoms with Crippen molar-refractivity contribution in [2.45, 2.75) is 52.0 Å². The van der Waals surface area contributed by atoms with Crippen molar-refractivity contribution < 1.29 is 4.74 Å². The van der Waals surface area contributed by atoms with Gasteiger partial charge in [-0.3, -0.25) is 4.99 Å². The van der Waals surface area contributed by atoms with Gasteiger partial charge in [0.2, 0.25) is 0 Å². The van der Waals surface area contributed by atoms with Crippen molar-refractivity contribution in [2.75, 3.05) is 18.6 Å². The van der Waals surface area contributed by atoms with Gasteiger partial charge >= 0.3 is 0 Å². The maximum atomic E-state index is 6.10. The van der Waals surface area contributed by atoms with E-state index in [1.54, 1.807) is 19.2 Å². The van der Waals surface area contributed by atoms with Gasteiger partial charge in [-0.2, -0.15) is 0 Å². The Hall–Kier alpha value is -1.71. The quantitative estimate of drug-likeness (QED) is 0.477. The van der Waals surface area contributed by atoms with Crippen molar-refractivity contribution in [2.24, 2.45) is 4.99 Å². The second-order valence-electron chi connectivity index (χ2n) is 8.08. The predicted octanol–water partition coefficient (Wildman–Crippen LogP) is 7.25. The van der Waals surface area contributed by atoms with Gasteiger partial charge in [-0.1, -0.05) is 37.0 Å². The molecule has 2 aromatic rings. The standard InChI is InChI=1S/C23H28Cl2N2O/c1-6-9-27-21-12-22(28-5)16(10-18(21)15(2)13-23(27,3)4)14-26-17-7-8-19(24)20(25)11-17/h7-8,10-12,14-15H,6,9,13H2,1-5H3. The second kappa shape index (κ2) is 8.34. The summed E-state index contributed by atoms with van der Waals surface area (Å²) in [4.78, 5) is 7.10. The summed E-state index contributed by atoms with van der Waals surface area (Å²) in [5.41, 5.74) is 4.48. The number of benzene rings is 2. The monoisotopic (exact) mass is 418 g/mol. The lowest BCUT2D eigenvalue weighted by Crippen LogP contribution is -2.48. The molecule has 1 unspecified atom stereocenters. The SMILES string of the molecule is CCCN1c2cc(OC)c(C=Nc3ccc(Cl)c(Cl)c3)cc2C(C)CC1(C)C. The largest absolute Gasteiger partial charge is 0.496 e. The van der Waals surface area contributed by atoms with Crippen LogP contribution in [0.2, 0.25) is 10.0 Å². The highest BCUT2D eigenvalue weighted by atomic mass is 35.5. The van der Waals surface area contributed by atoms with E-state index in [-0.39, 0.29) is 5.54 Å². The first-order valence-corrected chi connectivity index (χ1v) is 10.5. The number of ether oxygens (including phenoxy) is 1. The molecule has 1 aliphatic heterocycles. The van der Waals surface area contributed by atoms with Crippen LogP contribution in [0.1, 0.15) is 57.6 Å². The van der Waals surface area contributed by atoms with Crippen LogP contribution in [0, 0.1) is 0 Å². The fraction of sp³-hybridized carbons (Fsp3) is 0.435. The molecule has 0 spiro atoms. The van der Waals surface area contributed by atoms with Crippen LogP contribution in [-0.2, 0) is 0 Å². The topological polar surface area (TPSA) is 24.8 Å². The molecule has 2 aromatic carbocycles. The molecule has 3 nitrogen and oxygen atoms in total. The molecule has 0 N–H and O–H groups in total. The zero-order valence-corrected chi connectivity index (χ0v) is 18.7. The van der Waals surface area contributed by atoms with Crippen LogP contribution in [0.25, 0.3) is 0 Å². The van der Waals surface area contributed by atoms with E-state index in [1.165, 1.54) is 11.3 Å². The Balaban J connectivity index is 2.03. The van der Waals surface area contributed by atoms with Crippen molar-refractivity contribution in [1.82, 2.24) is 0 Å². The third-order valence-electron chi connectivity index (χ3n) is 5.44. The predicted molar refractivity (Wildman–Crippen MR) is 121 cm³/mol. The molecule has 0 bridgehead atoms. The first-order valence-electron chi connectivity index (χ1n) is 9.75. The fourth-order valence-corrected chi connectivity index (χ4v) is 4.45. The summed E-state index contributed by atoms with van der Waals surface area (Å²) >= 11 is 12.1. The number of hydrogen-bond acceptors (Lipinski definition) is 3. The summed E-state index contributed by atoms with van der Waals surface area (Å²) < 4.78 is 5.71. The molecule has 0 fully saturated rings. The summed E-state index contributed by atoms with van der Waals surface area (Å²) in [6.07, 6.45) is 4.07. The van der Waals surface area contributed by atoms with Gasteiger partial charge in [0.15, 0.2) is 0 Å². The lowest BCUT2D eigenvalue weighted by molar-refractivity contribution is 0.372. The highest BCUT2D eigenvalue weighted by molar-refractivity contribution is 6.42. The molecule has 1 aliphatic rings. The second-order valence-corrected chi connectivity index (χ2v) is 8.89. The van der Waals surface area contributed by atoms with Gasteiger partial charge < -0.3 is 9.64 Å². The number of fused-ring (bicyclic) bond motifs is 1. The zero-order valence-electron chi connectivity index (χ0n) is 17.2. The lowest BCUT2D eigenvalue weighted by Gasteiger charge is -2.47. The first-order chi connectivity index (χ1) is 13.3. The Morgan fingerprint density at radius 2 is 1.96 bits per heavy atom. The third-order valence-corrected chi connectivity index (χ3v) is 6.18. The number of nitrogens with zero attached hydrogens (tertiary/aromatic N) is 2. The molecule has 5 heteroatoms. The highest BCUT2D eigenvalue weighted by Gasteiger charge is 2.36. The van der Waals surface area contributed by atoms with Crippen molar-refractivity contribution in [3.63, 3.8) is 0 Å².